The molecule has 0 spiro atoms. The second kappa shape index (κ2) is 10.2. The molecule has 0 unspecified atom stereocenters. The lowest BCUT2D eigenvalue weighted by molar-refractivity contribution is -0.120. The van der Waals surface area contributed by atoms with Gasteiger partial charge in [0.25, 0.3) is 11.8 Å². The first-order valence-electron chi connectivity index (χ1n) is 9.69. The summed E-state index contributed by atoms with van der Waals surface area (Å²) in [5.74, 6) is -1.03. The van der Waals surface area contributed by atoms with Crippen molar-refractivity contribution < 1.29 is 18.0 Å². The Morgan fingerprint density at radius 1 is 0.933 bits per heavy atom. The third-order valence-corrected chi connectivity index (χ3v) is 6.66. The maximum Gasteiger partial charge on any atom is 0.269 e. The van der Waals surface area contributed by atoms with E-state index in [-0.39, 0.29) is 17.0 Å². The van der Waals surface area contributed by atoms with Crippen LogP contribution in [0.15, 0.2) is 47.4 Å². The molecule has 2 aromatic rings. The molecule has 0 aliphatic rings. The van der Waals surface area contributed by atoms with E-state index in [1.54, 1.807) is 26.8 Å². The van der Waals surface area contributed by atoms with E-state index in [1.807, 2.05) is 31.2 Å². The molecule has 0 fully saturated rings. The van der Waals surface area contributed by atoms with Gasteiger partial charge >= 0.3 is 0 Å². The fraction of sp³-hybridized carbons (Fsp3) is 0.333. The summed E-state index contributed by atoms with van der Waals surface area (Å²) in [5, 5.41) is 2.95. The van der Waals surface area contributed by atoms with Gasteiger partial charge < -0.3 is 5.32 Å². The van der Waals surface area contributed by atoms with Crippen molar-refractivity contribution in [3.05, 3.63) is 59.2 Å². The van der Waals surface area contributed by atoms with Crippen molar-refractivity contribution in [3.8, 4) is 0 Å². The maximum absolute atomic E-state index is 12.7. The van der Waals surface area contributed by atoms with Crippen LogP contribution >= 0.6 is 0 Å². The van der Waals surface area contributed by atoms with Crippen LogP contribution in [0.1, 0.15) is 35.3 Å². The summed E-state index contributed by atoms with van der Waals surface area (Å²) in [7, 11) is -3.69. The first kappa shape index (κ1) is 23.4. The molecule has 0 radical (unpaired) electrons. The average molecular weight is 433 g/mol. The van der Waals surface area contributed by atoms with Crippen LogP contribution in [0.5, 0.6) is 0 Å². The van der Waals surface area contributed by atoms with E-state index in [1.165, 1.54) is 16.4 Å². The fourth-order valence-electron chi connectivity index (χ4n) is 2.81. The lowest BCUT2D eigenvalue weighted by Crippen LogP contribution is -2.44. The zero-order chi connectivity index (χ0) is 22.3. The Morgan fingerprint density at radius 3 is 2.17 bits per heavy atom. The molecule has 162 valence electrons. The van der Waals surface area contributed by atoms with Crippen molar-refractivity contribution in [1.82, 2.24) is 15.2 Å². The predicted octanol–water partition coefficient (Wildman–Crippen LogP) is 2.21. The molecule has 0 atom stereocenters. The van der Waals surface area contributed by atoms with Crippen LogP contribution in [0.2, 0.25) is 0 Å². The number of hydrogen-bond acceptors (Lipinski definition) is 5. The molecule has 0 heterocycles. The van der Waals surface area contributed by atoms with Gasteiger partial charge in [0.15, 0.2) is 0 Å². The molecule has 9 heteroatoms. The molecule has 8 nitrogen and oxygen atoms in total. The highest BCUT2D eigenvalue weighted by Crippen LogP contribution is 2.19. The number of carbonyl (C=O) groups excluding carboxylic acids is 2. The molecule has 0 saturated heterocycles. The number of sulfonamides is 1. The Balaban J connectivity index is 2.02. The van der Waals surface area contributed by atoms with Crippen LogP contribution in [0, 0.1) is 13.8 Å². The lowest BCUT2D eigenvalue weighted by atomic mass is 10.1. The Labute approximate surface area is 177 Å². The monoisotopic (exact) mass is 432 g/mol. The zero-order valence-corrected chi connectivity index (χ0v) is 18.5. The number of nitrogens with one attached hydrogen (secondary N) is 3. The largest absolute Gasteiger partial charge is 0.376 e. The van der Waals surface area contributed by atoms with Crippen molar-refractivity contribution >= 4 is 27.5 Å². The minimum absolute atomic E-state index is 0.0291. The van der Waals surface area contributed by atoms with Gasteiger partial charge in [-0.25, -0.2) is 8.42 Å². The number of hydrogen-bond donors (Lipinski definition) is 3. The maximum atomic E-state index is 12.7. The van der Waals surface area contributed by atoms with Gasteiger partial charge in [-0.3, -0.25) is 20.4 Å². The number of anilines is 1. The first-order valence-corrected chi connectivity index (χ1v) is 11.1. The van der Waals surface area contributed by atoms with Gasteiger partial charge in [0.1, 0.15) is 0 Å². The molecule has 3 N–H and O–H groups in total. The minimum atomic E-state index is -3.69. The second-order valence-corrected chi connectivity index (χ2v) is 8.73. The third-order valence-electron chi connectivity index (χ3n) is 4.62. The van der Waals surface area contributed by atoms with Crippen LogP contribution in [0.4, 0.5) is 5.69 Å². The highest BCUT2D eigenvalue weighted by atomic mass is 32.2. The second-order valence-electron chi connectivity index (χ2n) is 6.79. The van der Waals surface area contributed by atoms with Gasteiger partial charge in [-0.05, 0) is 43.7 Å². The molecule has 2 aromatic carbocycles. The molecule has 2 rings (SSSR count). The Morgan fingerprint density at radius 2 is 1.57 bits per heavy atom. The summed E-state index contributed by atoms with van der Waals surface area (Å²) in [4.78, 5) is 24.6. The highest BCUT2D eigenvalue weighted by molar-refractivity contribution is 7.89. The van der Waals surface area contributed by atoms with E-state index in [0.717, 1.165) is 11.3 Å². The number of benzene rings is 2. The van der Waals surface area contributed by atoms with E-state index < -0.39 is 21.8 Å². The van der Waals surface area contributed by atoms with Gasteiger partial charge in [-0.2, -0.15) is 4.31 Å². The van der Waals surface area contributed by atoms with Gasteiger partial charge in [0, 0.05) is 24.3 Å². The molecule has 0 aliphatic carbocycles. The Kier molecular flexibility index (Phi) is 7.96. The lowest BCUT2D eigenvalue weighted by Gasteiger charge is -2.19. The van der Waals surface area contributed by atoms with Crippen molar-refractivity contribution in [1.29, 1.82) is 0 Å². The highest BCUT2D eigenvalue weighted by Gasteiger charge is 2.23. The smallest absolute Gasteiger partial charge is 0.269 e. The summed E-state index contributed by atoms with van der Waals surface area (Å²) < 4.78 is 26.7. The van der Waals surface area contributed by atoms with Crippen molar-refractivity contribution in [2.75, 3.05) is 25.0 Å². The minimum Gasteiger partial charge on any atom is -0.376 e. The standard InChI is InChI=1S/C21H28N4O4S/c1-5-25(6-2)30(28,29)18-12-9-16(4)19(13-18)21(27)24-23-20(26)14-22-17-10-7-15(3)8-11-17/h7-13,22H,5-6,14H2,1-4H3,(H,23,26)(H,24,27). The van der Waals surface area contributed by atoms with Gasteiger partial charge in [0.2, 0.25) is 10.0 Å². The molecule has 0 aromatic heterocycles. The molecule has 30 heavy (non-hydrogen) atoms. The van der Waals surface area contributed by atoms with Crippen molar-refractivity contribution in [2.24, 2.45) is 0 Å². The van der Waals surface area contributed by atoms with Crippen LogP contribution in [0.25, 0.3) is 0 Å². The van der Waals surface area contributed by atoms with Crippen LogP contribution in [0.3, 0.4) is 0 Å². The Bertz CT molecular complexity index is 1000. The molecule has 0 aliphatic heterocycles. The summed E-state index contributed by atoms with van der Waals surface area (Å²) >= 11 is 0. The summed E-state index contributed by atoms with van der Waals surface area (Å²) in [5.41, 5.74) is 7.33. The van der Waals surface area contributed by atoms with Gasteiger partial charge in [0.05, 0.1) is 11.4 Å². The summed E-state index contributed by atoms with van der Waals surface area (Å²) in [6, 6.07) is 11.9. The predicted molar refractivity (Wildman–Crippen MR) is 117 cm³/mol. The fourth-order valence-corrected chi connectivity index (χ4v) is 4.30. The van der Waals surface area contributed by atoms with E-state index >= 15 is 0 Å². The van der Waals surface area contributed by atoms with Crippen LogP contribution in [-0.4, -0.2) is 44.2 Å². The van der Waals surface area contributed by atoms with Crippen molar-refractivity contribution in [2.45, 2.75) is 32.6 Å². The zero-order valence-electron chi connectivity index (χ0n) is 17.7. The van der Waals surface area contributed by atoms with E-state index in [0.29, 0.717) is 18.7 Å². The van der Waals surface area contributed by atoms with Crippen molar-refractivity contribution in [3.63, 3.8) is 0 Å². The molecule has 0 saturated carbocycles. The van der Waals surface area contributed by atoms with Crippen LogP contribution in [-0.2, 0) is 14.8 Å². The average Bonchev–Trinajstić information content (AvgIpc) is 2.72. The molecular formula is C21H28N4O4S. The number of carbonyl (C=O) groups is 2. The van der Waals surface area contributed by atoms with E-state index in [9.17, 15) is 18.0 Å². The van der Waals surface area contributed by atoms with E-state index in [4.69, 9.17) is 0 Å². The van der Waals surface area contributed by atoms with E-state index in [2.05, 4.69) is 16.2 Å². The SMILES string of the molecule is CCN(CC)S(=O)(=O)c1ccc(C)c(C(=O)NNC(=O)CNc2ccc(C)cc2)c1. The first-order chi connectivity index (χ1) is 14.2. The number of nitrogens with zero attached hydrogens (tertiary/aromatic N) is 1. The van der Waals surface area contributed by atoms with Gasteiger partial charge in [-0.15, -0.1) is 0 Å². The molecular weight excluding hydrogens is 404 g/mol. The number of rotatable bonds is 8. The number of amides is 2. The quantitative estimate of drug-likeness (QED) is 0.555. The number of aryl methyl sites for hydroxylation is 2. The summed E-state index contributed by atoms with van der Waals surface area (Å²) in [6.45, 7) is 7.81. The third kappa shape index (κ3) is 5.80. The summed E-state index contributed by atoms with van der Waals surface area (Å²) in [6.07, 6.45) is 0. The normalized spacial score (nSPS) is 11.2. The molecule has 2 amide bonds. The van der Waals surface area contributed by atoms with Gasteiger partial charge in [-0.1, -0.05) is 37.6 Å². The molecule has 0 bridgehead atoms. The Hall–Kier alpha value is -2.91. The van der Waals surface area contributed by atoms with Crippen LogP contribution < -0.4 is 16.2 Å². The topological polar surface area (TPSA) is 108 Å². The number of hydrazine groups is 1.